The lowest BCUT2D eigenvalue weighted by Crippen LogP contribution is -2.29. The van der Waals surface area contributed by atoms with Gasteiger partial charge in [-0.05, 0) is 24.8 Å². The zero-order valence-electron chi connectivity index (χ0n) is 10.5. The van der Waals surface area contributed by atoms with Gasteiger partial charge in [0, 0.05) is 11.9 Å². The van der Waals surface area contributed by atoms with Crippen molar-refractivity contribution in [1.82, 2.24) is 5.32 Å². The Bertz CT molecular complexity index is 365. The van der Waals surface area contributed by atoms with E-state index in [1.165, 1.54) is 5.56 Å². The molecule has 94 valence electrons. The van der Waals surface area contributed by atoms with Gasteiger partial charge in [-0.15, -0.1) is 0 Å². The molecule has 2 nitrogen and oxygen atoms in total. The lowest BCUT2D eigenvalue weighted by molar-refractivity contribution is -0.120. The van der Waals surface area contributed by atoms with Crippen molar-refractivity contribution in [3.63, 3.8) is 0 Å². The number of halogens is 1. The van der Waals surface area contributed by atoms with Crippen molar-refractivity contribution in [2.24, 2.45) is 5.92 Å². The Morgan fingerprint density at radius 3 is 2.88 bits per heavy atom. The number of hydrogen-bond acceptors (Lipinski definition) is 1. The Labute approximate surface area is 112 Å². The molecule has 1 unspecified atom stereocenters. The summed E-state index contributed by atoms with van der Waals surface area (Å²) in [6.07, 6.45) is 1.56. The molecule has 1 atom stereocenters. The maximum Gasteiger partial charge on any atom is 0.224 e. The molecule has 17 heavy (non-hydrogen) atoms. The summed E-state index contributed by atoms with van der Waals surface area (Å²) in [7, 11) is 0. The van der Waals surface area contributed by atoms with Gasteiger partial charge < -0.3 is 5.32 Å². The van der Waals surface area contributed by atoms with Gasteiger partial charge in [-0.25, -0.2) is 0 Å². The lowest BCUT2D eigenvalue weighted by atomic mass is 10.1. The number of aryl methyl sites for hydroxylation is 1. The van der Waals surface area contributed by atoms with Gasteiger partial charge in [0.25, 0.3) is 0 Å². The largest absolute Gasteiger partial charge is 0.356 e. The standard InChI is InChI=1S/C14H20BrNO/c1-11-4-3-5-13(8-11)9-14(17)16-10-12(2)6-7-15/h3-5,8,12H,6-7,9-10H2,1-2H3,(H,16,17). The van der Waals surface area contributed by atoms with Crippen LogP contribution in [-0.4, -0.2) is 17.8 Å². The van der Waals surface area contributed by atoms with Crippen molar-refractivity contribution in [2.45, 2.75) is 26.7 Å². The number of rotatable bonds is 6. The molecule has 0 heterocycles. The summed E-state index contributed by atoms with van der Waals surface area (Å²) >= 11 is 3.41. The molecule has 1 rings (SSSR count). The van der Waals surface area contributed by atoms with Gasteiger partial charge in [0.1, 0.15) is 0 Å². The maximum atomic E-state index is 11.7. The van der Waals surface area contributed by atoms with Crippen LogP contribution in [0.1, 0.15) is 24.5 Å². The SMILES string of the molecule is Cc1cccc(CC(=O)NCC(C)CCBr)c1. The number of carbonyl (C=O) groups is 1. The smallest absolute Gasteiger partial charge is 0.224 e. The molecule has 0 radical (unpaired) electrons. The van der Waals surface area contributed by atoms with Crippen LogP contribution in [0.15, 0.2) is 24.3 Å². The van der Waals surface area contributed by atoms with Crippen LogP contribution in [0.3, 0.4) is 0 Å². The van der Waals surface area contributed by atoms with E-state index in [0.717, 1.165) is 23.9 Å². The Morgan fingerprint density at radius 2 is 2.24 bits per heavy atom. The maximum absolute atomic E-state index is 11.7. The average Bonchev–Trinajstić information content (AvgIpc) is 2.27. The first kappa shape index (κ1) is 14.2. The van der Waals surface area contributed by atoms with Gasteiger partial charge >= 0.3 is 0 Å². The fraction of sp³-hybridized carbons (Fsp3) is 0.500. The fourth-order valence-corrected chi connectivity index (χ4v) is 2.43. The van der Waals surface area contributed by atoms with Gasteiger partial charge in [0.15, 0.2) is 0 Å². The third kappa shape index (κ3) is 5.87. The first-order chi connectivity index (χ1) is 8.11. The first-order valence-electron chi connectivity index (χ1n) is 6.00. The van der Waals surface area contributed by atoms with E-state index in [9.17, 15) is 4.79 Å². The van der Waals surface area contributed by atoms with E-state index in [1.54, 1.807) is 0 Å². The fourth-order valence-electron chi connectivity index (χ4n) is 1.65. The molecule has 0 bridgehead atoms. The highest BCUT2D eigenvalue weighted by atomic mass is 79.9. The minimum atomic E-state index is 0.108. The van der Waals surface area contributed by atoms with Crippen LogP contribution in [0.2, 0.25) is 0 Å². The summed E-state index contributed by atoms with van der Waals surface area (Å²) < 4.78 is 0. The zero-order valence-corrected chi connectivity index (χ0v) is 12.1. The van der Waals surface area contributed by atoms with Crippen LogP contribution in [0, 0.1) is 12.8 Å². The minimum Gasteiger partial charge on any atom is -0.356 e. The van der Waals surface area contributed by atoms with Gasteiger partial charge in [-0.1, -0.05) is 52.7 Å². The van der Waals surface area contributed by atoms with Gasteiger partial charge in [0.05, 0.1) is 6.42 Å². The topological polar surface area (TPSA) is 29.1 Å². The minimum absolute atomic E-state index is 0.108. The number of carbonyl (C=O) groups excluding carboxylic acids is 1. The molecule has 0 aliphatic rings. The molecule has 0 spiro atoms. The Morgan fingerprint density at radius 1 is 1.47 bits per heavy atom. The number of hydrogen-bond donors (Lipinski definition) is 1. The average molecular weight is 298 g/mol. The predicted molar refractivity (Wildman–Crippen MR) is 75.5 cm³/mol. The number of nitrogens with one attached hydrogen (secondary N) is 1. The van der Waals surface area contributed by atoms with E-state index in [0.29, 0.717) is 12.3 Å². The molecule has 3 heteroatoms. The van der Waals surface area contributed by atoms with Gasteiger partial charge in [-0.3, -0.25) is 4.79 Å². The van der Waals surface area contributed by atoms with E-state index in [1.807, 2.05) is 25.1 Å². The Balaban J connectivity index is 2.34. The van der Waals surface area contributed by atoms with Gasteiger partial charge in [-0.2, -0.15) is 0 Å². The molecular weight excluding hydrogens is 278 g/mol. The van der Waals surface area contributed by atoms with Crippen LogP contribution in [0.4, 0.5) is 0 Å². The van der Waals surface area contributed by atoms with Gasteiger partial charge in [0.2, 0.25) is 5.91 Å². The normalized spacial score (nSPS) is 12.2. The van der Waals surface area contributed by atoms with E-state index in [-0.39, 0.29) is 5.91 Å². The van der Waals surface area contributed by atoms with E-state index < -0.39 is 0 Å². The summed E-state index contributed by atoms with van der Waals surface area (Å²) in [5, 5.41) is 3.96. The van der Waals surface area contributed by atoms with E-state index >= 15 is 0 Å². The summed E-state index contributed by atoms with van der Waals surface area (Å²) in [5.74, 6) is 0.632. The van der Waals surface area contributed by atoms with Crippen LogP contribution >= 0.6 is 15.9 Å². The van der Waals surface area contributed by atoms with E-state index in [2.05, 4.69) is 34.2 Å². The second-order valence-electron chi connectivity index (χ2n) is 4.55. The van der Waals surface area contributed by atoms with Crippen LogP contribution in [0.25, 0.3) is 0 Å². The van der Waals surface area contributed by atoms with Crippen molar-refractivity contribution >= 4 is 21.8 Å². The number of alkyl halides is 1. The monoisotopic (exact) mass is 297 g/mol. The predicted octanol–water partition coefficient (Wildman–Crippen LogP) is 3.07. The third-order valence-electron chi connectivity index (χ3n) is 2.70. The second-order valence-corrected chi connectivity index (χ2v) is 5.35. The second kappa shape index (κ2) is 7.49. The quantitative estimate of drug-likeness (QED) is 0.803. The molecular formula is C14H20BrNO. The highest BCUT2D eigenvalue weighted by molar-refractivity contribution is 9.09. The van der Waals surface area contributed by atoms with Crippen LogP contribution in [0.5, 0.6) is 0 Å². The molecule has 0 aliphatic carbocycles. The van der Waals surface area contributed by atoms with Crippen molar-refractivity contribution in [2.75, 3.05) is 11.9 Å². The molecule has 0 saturated heterocycles. The van der Waals surface area contributed by atoms with Crippen molar-refractivity contribution in [1.29, 1.82) is 0 Å². The summed E-state index contributed by atoms with van der Waals surface area (Å²) in [6, 6.07) is 8.08. The summed E-state index contributed by atoms with van der Waals surface area (Å²) in [4.78, 5) is 11.7. The Kier molecular flexibility index (Phi) is 6.27. The van der Waals surface area contributed by atoms with E-state index in [4.69, 9.17) is 0 Å². The number of benzene rings is 1. The van der Waals surface area contributed by atoms with Crippen molar-refractivity contribution < 1.29 is 4.79 Å². The first-order valence-corrected chi connectivity index (χ1v) is 7.12. The highest BCUT2D eigenvalue weighted by Crippen LogP contribution is 2.05. The molecule has 0 fully saturated rings. The molecule has 1 aromatic carbocycles. The van der Waals surface area contributed by atoms with Crippen molar-refractivity contribution in [3.8, 4) is 0 Å². The van der Waals surface area contributed by atoms with Crippen LogP contribution in [-0.2, 0) is 11.2 Å². The van der Waals surface area contributed by atoms with Crippen LogP contribution < -0.4 is 5.32 Å². The lowest BCUT2D eigenvalue weighted by Gasteiger charge is -2.11. The summed E-state index contributed by atoms with van der Waals surface area (Å²) in [5.41, 5.74) is 2.28. The molecule has 1 N–H and O–H groups in total. The Hall–Kier alpha value is -0.830. The molecule has 1 aromatic rings. The zero-order chi connectivity index (χ0) is 12.7. The third-order valence-corrected chi connectivity index (χ3v) is 3.15. The summed E-state index contributed by atoms with van der Waals surface area (Å²) in [6.45, 7) is 4.95. The molecule has 0 saturated carbocycles. The highest BCUT2D eigenvalue weighted by Gasteiger charge is 2.06. The molecule has 0 aromatic heterocycles. The molecule has 0 aliphatic heterocycles. The molecule has 1 amide bonds. The van der Waals surface area contributed by atoms with Crippen molar-refractivity contribution in [3.05, 3.63) is 35.4 Å². The number of amides is 1.